The molecule has 0 aliphatic carbocycles. The number of rotatable bonds is 4. The van der Waals surface area contributed by atoms with Crippen LogP contribution in [0.1, 0.15) is 22.6 Å². The Kier molecular flexibility index (Phi) is 4.55. The predicted octanol–water partition coefficient (Wildman–Crippen LogP) is 2.75. The van der Waals surface area contributed by atoms with Gasteiger partial charge in [-0.15, -0.1) is 0 Å². The molecule has 118 valence electrons. The molecule has 0 bridgehead atoms. The Morgan fingerprint density at radius 2 is 1.68 bits per heavy atom. The first-order chi connectivity index (χ1) is 10.6. The summed E-state index contributed by atoms with van der Waals surface area (Å²) in [5, 5.41) is 4.01. The lowest BCUT2D eigenvalue weighted by Crippen LogP contribution is -2.45. The zero-order valence-corrected chi connectivity index (χ0v) is 13.2. The summed E-state index contributed by atoms with van der Waals surface area (Å²) in [5.74, 6) is 0.798. The van der Waals surface area contributed by atoms with Gasteiger partial charge in [-0.2, -0.15) is 0 Å². The first-order valence-electron chi connectivity index (χ1n) is 7.73. The molecule has 1 fully saturated rings. The number of halogens is 1. The van der Waals surface area contributed by atoms with E-state index in [9.17, 15) is 4.39 Å². The van der Waals surface area contributed by atoms with Crippen molar-refractivity contribution < 1.29 is 8.91 Å². The van der Waals surface area contributed by atoms with Crippen LogP contribution in [0, 0.1) is 19.7 Å². The van der Waals surface area contributed by atoms with Crippen molar-refractivity contribution in [2.75, 3.05) is 26.2 Å². The van der Waals surface area contributed by atoms with Crippen molar-refractivity contribution in [3.63, 3.8) is 0 Å². The van der Waals surface area contributed by atoms with Gasteiger partial charge in [0.05, 0.1) is 5.69 Å². The topological polar surface area (TPSA) is 32.5 Å². The molecule has 0 N–H and O–H groups in total. The molecular weight excluding hydrogens is 281 g/mol. The maximum Gasteiger partial charge on any atom is 0.138 e. The molecule has 1 saturated heterocycles. The van der Waals surface area contributed by atoms with E-state index in [4.69, 9.17) is 4.52 Å². The van der Waals surface area contributed by atoms with Crippen molar-refractivity contribution in [2.24, 2.45) is 0 Å². The second kappa shape index (κ2) is 6.58. The summed E-state index contributed by atoms with van der Waals surface area (Å²) in [6, 6.07) is 7.03. The standard InChI is InChI=1S/C17H22FN3O/c1-13-16(14(2)22-19-13)12-21-9-7-20(8-10-21)11-15-5-3-4-6-17(15)18/h3-6H,7-12H2,1-2H3. The van der Waals surface area contributed by atoms with Crippen molar-refractivity contribution >= 4 is 0 Å². The molecule has 1 aromatic heterocycles. The summed E-state index contributed by atoms with van der Waals surface area (Å²) in [6.07, 6.45) is 0. The molecule has 0 radical (unpaired) electrons. The second-order valence-electron chi connectivity index (χ2n) is 5.95. The number of hydrogen-bond donors (Lipinski definition) is 0. The quantitative estimate of drug-likeness (QED) is 0.869. The Balaban J connectivity index is 1.53. The number of benzene rings is 1. The summed E-state index contributed by atoms with van der Waals surface area (Å²) in [6.45, 7) is 9.40. The SMILES string of the molecule is Cc1noc(C)c1CN1CCN(Cc2ccccc2F)CC1. The van der Waals surface area contributed by atoms with E-state index in [1.807, 2.05) is 26.0 Å². The van der Waals surface area contributed by atoms with Crippen LogP contribution >= 0.6 is 0 Å². The van der Waals surface area contributed by atoms with Crippen LogP contribution in [0.3, 0.4) is 0 Å². The highest BCUT2D eigenvalue weighted by Gasteiger charge is 2.20. The minimum atomic E-state index is -0.111. The highest BCUT2D eigenvalue weighted by molar-refractivity contribution is 5.20. The third-order valence-electron chi connectivity index (χ3n) is 4.38. The fourth-order valence-corrected chi connectivity index (χ4v) is 2.92. The Labute approximate surface area is 130 Å². The number of aromatic nitrogens is 1. The van der Waals surface area contributed by atoms with E-state index in [0.29, 0.717) is 6.54 Å². The largest absolute Gasteiger partial charge is 0.361 e. The van der Waals surface area contributed by atoms with Crippen molar-refractivity contribution in [1.82, 2.24) is 15.0 Å². The van der Waals surface area contributed by atoms with Crippen LogP contribution in [0.15, 0.2) is 28.8 Å². The monoisotopic (exact) mass is 303 g/mol. The van der Waals surface area contributed by atoms with Crippen molar-refractivity contribution in [1.29, 1.82) is 0 Å². The van der Waals surface area contributed by atoms with Crippen LogP contribution in [0.4, 0.5) is 4.39 Å². The van der Waals surface area contributed by atoms with E-state index in [0.717, 1.165) is 49.7 Å². The van der Waals surface area contributed by atoms with Gasteiger partial charge in [0, 0.05) is 50.4 Å². The van der Waals surface area contributed by atoms with Gasteiger partial charge in [-0.05, 0) is 19.9 Å². The minimum absolute atomic E-state index is 0.111. The van der Waals surface area contributed by atoms with E-state index >= 15 is 0 Å². The van der Waals surface area contributed by atoms with Crippen LogP contribution in [-0.2, 0) is 13.1 Å². The maximum atomic E-state index is 13.7. The van der Waals surface area contributed by atoms with Crippen LogP contribution < -0.4 is 0 Å². The van der Waals surface area contributed by atoms with E-state index < -0.39 is 0 Å². The van der Waals surface area contributed by atoms with Crippen LogP contribution in [0.2, 0.25) is 0 Å². The highest BCUT2D eigenvalue weighted by atomic mass is 19.1. The first kappa shape index (κ1) is 15.2. The van der Waals surface area contributed by atoms with Gasteiger partial charge in [0.15, 0.2) is 0 Å². The average Bonchev–Trinajstić information content (AvgIpc) is 2.83. The van der Waals surface area contributed by atoms with Gasteiger partial charge in [-0.1, -0.05) is 23.4 Å². The molecule has 0 spiro atoms. The zero-order chi connectivity index (χ0) is 15.5. The third-order valence-corrected chi connectivity index (χ3v) is 4.38. The molecule has 2 heterocycles. The molecule has 0 amide bonds. The fraction of sp³-hybridized carbons (Fsp3) is 0.471. The van der Waals surface area contributed by atoms with Gasteiger partial charge < -0.3 is 4.52 Å². The zero-order valence-electron chi connectivity index (χ0n) is 13.2. The molecular formula is C17H22FN3O. The van der Waals surface area contributed by atoms with Gasteiger partial charge in [-0.3, -0.25) is 9.80 Å². The van der Waals surface area contributed by atoms with Gasteiger partial charge in [0.2, 0.25) is 0 Å². The average molecular weight is 303 g/mol. The van der Waals surface area contributed by atoms with Crippen molar-refractivity contribution in [3.05, 3.63) is 52.7 Å². The fourth-order valence-electron chi connectivity index (χ4n) is 2.92. The molecule has 1 aliphatic heterocycles. The van der Waals surface area contributed by atoms with Crippen molar-refractivity contribution in [2.45, 2.75) is 26.9 Å². The Hall–Kier alpha value is -1.72. The van der Waals surface area contributed by atoms with E-state index in [-0.39, 0.29) is 5.82 Å². The summed E-state index contributed by atoms with van der Waals surface area (Å²) < 4.78 is 18.9. The molecule has 1 aromatic carbocycles. The number of aryl methyl sites for hydroxylation is 2. The van der Waals surface area contributed by atoms with E-state index in [1.165, 1.54) is 11.6 Å². The minimum Gasteiger partial charge on any atom is -0.361 e. The van der Waals surface area contributed by atoms with Crippen LogP contribution in [-0.4, -0.2) is 41.1 Å². The lowest BCUT2D eigenvalue weighted by Gasteiger charge is -2.34. The summed E-state index contributed by atoms with van der Waals surface area (Å²) in [7, 11) is 0. The summed E-state index contributed by atoms with van der Waals surface area (Å²) in [5.41, 5.74) is 2.95. The van der Waals surface area contributed by atoms with Gasteiger partial charge in [-0.25, -0.2) is 4.39 Å². The van der Waals surface area contributed by atoms with Gasteiger partial charge >= 0.3 is 0 Å². The van der Waals surface area contributed by atoms with Crippen molar-refractivity contribution in [3.8, 4) is 0 Å². The van der Waals surface area contributed by atoms with Gasteiger partial charge in [0.25, 0.3) is 0 Å². The molecule has 2 aromatic rings. The lowest BCUT2D eigenvalue weighted by molar-refractivity contribution is 0.120. The first-order valence-corrected chi connectivity index (χ1v) is 7.73. The Bertz CT molecular complexity index is 613. The molecule has 3 rings (SSSR count). The lowest BCUT2D eigenvalue weighted by atomic mass is 10.1. The Morgan fingerprint density at radius 1 is 1.05 bits per heavy atom. The summed E-state index contributed by atoms with van der Waals surface area (Å²) in [4.78, 5) is 4.71. The molecule has 5 heteroatoms. The van der Waals surface area contributed by atoms with Crippen LogP contribution in [0.5, 0.6) is 0 Å². The smallest absolute Gasteiger partial charge is 0.138 e. The third kappa shape index (κ3) is 3.36. The molecule has 0 unspecified atom stereocenters. The molecule has 4 nitrogen and oxygen atoms in total. The molecule has 22 heavy (non-hydrogen) atoms. The number of nitrogens with zero attached hydrogens (tertiary/aromatic N) is 3. The number of piperazine rings is 1. The predicted molar refractivity (Wildman–Crippen MR) is 82.9 cm³/mol. The molecule has 1 aliphatic rings. The summed E-state index contributed by atoms with van der Waals surface area (Å²) >= 11 is 0. The molecule has 0 atom stereocenters. The maximum absolute atomic E-state index is 13.7. The normalized spacial score (nSPS) is 17.0. The van der Waals surface area contributed by atoms with E-state index in [2.05, 4.69) is 15.0 Å². The van der Waals surface area contributed by atoms with Gasteiger partial charge in [0.1, 0.15) is 11.6 Å². The highest BCUT2D eigenvalue weighted by Crippen LogP contribution is 2.17. The Morgan fingerprint density at radius 3 is 2.27 bits per heavy atom. The molecule has 0 saturated carbocycles. The van der Waals surface area contributed by atoms with E-state index in [1.54, 1.807) is 6.07 Å². The van der Waals surface area contributed by atoms with Crippen LogP contribution in [0.25, 0.3) is 0 Å². The second-order valence-corrected chi connectivity index (χ2v) is 5.95. The number of hydrogen-bond acceptors (Lipinski definition) is 4.